The van der Waals surface area contributed by atoms with E-state index < -0.39 is 16.1 Å². The molecule has 7 nitrogen and oxygen atoms in total. The Hall–Kier alpha value is -2.59. The molecule has 0 bridgehead atoms. The molecule has 10 heteroatoms. The van der Waals surface area contributed by atoms with Gasteiger partial charge in [0, 0.05) is 25.4 Å². The number of aliphatic hydroxyl groups excluding tert-OH is 1. The molecule has 0 aromatic heterocycles. The van der Waals surface area contributed by atoms with Crippen molar-refractivity contribution >= 4 is 50.7 Å². The number of ether oxygens (including phenoxy) is 1. The smallest absolute Gasteiger partial charge is 0.229 e. The van der Waals surface area contributed by atoms with E-state index in [1.54, 1.807) is 24.3 Å². The molecule has 41 heavy (non-hydrogen) atoms. The Bertz CT molecular complexity index is 1330. The number of nitrogens with one attached hydrogen (secondary N) is 1. The van der Waals surface area contributed by atoms with E-state index in [1.165, 1.54) is 5.56 Å². The summed E-state index contributed by atoms with van der Waals surface area (Å²) < 4.78 is 30.8. The molecule has 3 rings (SSSR count). The molecule has 0 saturated carbocycles. The van der Waals surface area contributed by atoms with Gasteiger partial charge in [-0.1, -0.05) is 90.7 Å². The van der Waals surface area contributed by atoms with Crippen LogP contribution in [0.3, 0.4) is 0 Å². The summed E-state index contributed by atoms with van der Waals surface area (Å²) in [6, 6.07) is 20.7. The van der Waals surface area contributed by atoms with Crippen molar-refractivity contribution in [1.29, 1.82) is 0 Å². The first-order chi connectivity index (χ1) is 19.6. The van der Waals surface area contributed by atoms with Crippen LogP contribution in [0.5, 0.6) is 0 Å². The lowest BCUT2D eigenvalue weighted by Crippen LogP contribution is -2.29. The third-order valence-electron chi connectivity index (χ3n) is 6.42. The van der Waals surface area contributed by atoms with Gasteiger partial charge in [-0.3, -0.25) is 9.62 Å². The Morgan fingerprint density at radius 1 is 1.00 bits per heavy atom. The standard InChI is InChI=1S/C31H39Cl2N3O4S/c1-41(38,39)35-27-15-13-24(14-16-27)12-9-19-40-18-8-3-2-7-17-36(22-25-10-5-4-6-11-25)23-30(37)26-20-28(32)31(34)29(33)21-26/h4-6,9-16,20-21,30,35,37H,2-3,7-8,17-19,22-23,34H2,1H3. The molecule has 3 aromatic carbocycles. The monoisotopic (exact) mass is 619 g/mol. The summed E-state index contributed by atoms with van der Waals surface area (Å²) in [6.07, 6.45) is 8.40. The molecule has 0 aliphatic rings. The van der Waals surface area contributed by atoms with Crippen LogP contribution in [-0.2, 0) is 21.3 Å². The maximum Gasteiger partial charge on any atom is 0.229 e. The first kappa shape index (κ1) is 32.9. The molecule has 1 unspecified atom stereocenters. The summed E-state index contributed by atoms with van der Waals surface area (Å²) in [4.78, 5) is 2.25. The quantitative estimate of drug-likeness (QED) is 0.114. The normalized spacial score (nSPS) is 12.7. The van der Waals surface area contributed by atoms with Crippen LogP contribution < -0.4 is 10.5 Å². The number of nitrogens with zero attached hydrogens (tertiary/aromatic N) is 1. The molecular weight excluding hydrogens is 581 g/mol. The number of benzene rings is 3. The van der Waals surface area contributed by atoms with Crippen LogP contribution in [0.1, 0.15) is 48.5 Å². The summed E-state index contributed by atoms with van der Waals surface area (Å²) in [7, 11) is -3.27. The SMILES string of the molecule is CS(=O)(=O)Nc1ccc(C=CCOCCCCCCN(Cc2ccccc2)CC(O)c2cc(Cl)c(N)c(Cl)c2)cc1. The molecule has 222 valence electrons. The van der Waals surface area contributed by atoms with Gasteiger partial charge in [-0.25, -0.2) is 8.42 Å². The Morgan fingerprint density at radius 3 is 2.32 bits per heavy atom. The Kier molecular flexibility index (Phi) is 13.5. The second-order valence-corrected chi connectivity index (χ2v) is 12.6. The van der Waals surface area contributed by atoms with Crippen LogP contribution in [0.2, 0.25) is 10.0 Å². The fourth-order valence-electron chi connectivity index (χ4n) is 4.33. The number of nitrogen functional groups attached to an aromatic ring is 1. The number of hydrogen-bond acceptors (Lipinski definition) is 6. The average molecular weight is 621 g/mol. The lowest BCUT2D eigenvalue weighted by molar-refractivity contribution is 0.107. The molecule has 0 saturated heterocycles. The van der Waals surface area contributed by atoms with Gasteiger partial charge >= 0.3 is 0 Å². The molecule has 0 aliphatic heterocycles. The van der Waals surface area contributed by atoms with Gasteiger partial charge < -0.3 is 15.6 Å². The van der Waals surface area contributed by atoms with E-state index in [9.17, 15) is 13.5 Å². The summed E-state index contributed by atoms with van der Waals surface area (Å²) in [5, 5.41) is 11.6. The molecule has 0 radical (unpaired) electrons. The minimum absolute atomic E-state index is 0.321. The number of nitrogens with two attached hydrogens (primary N) is 1. The lowest BCUT2D eigenvalue weighted by atomic mass is 10.1. The third-order valence-corrected chi connectivity index (χ3v) is 7.65. The first-order valence-corrected chi connectivity index (χ1v) is 16.3. The van der Waals surface area contributed by atoms with E-state index in [0.29, 0.717) is 46.7 Å². The number of rotatable bonds is 17. The van der Waals surface area contributed by atoms with Crippen molar-refractivity contribution in [3.8, 4) is 0 Å². The average Bonchev–Trinajstić information content (AvgIpc) is 2.93. The number of aliphatic hydroxyl groups is 1. The van der Waals surface area contributed by atoms with Crippen molar-refractivity contribution in [3.63, 3.8) is 0 Å². The van der Waals surface area contributed by atoms with Gasteiger partial charge in [0.25, 0.3) is 0 Å². The van der Waals surface area contributed by atoms with Gasteiger partial charge in [0.05, 0.1) is 34.7 Å². The fraction of sp³-hybridized carbons (Fsp3) is 0.355. The van der Waals surface area contributed by atoms with Crippen molar-refractivity contribution in [2.45, 2.75) is 38.3 Å². The molecule has 0 spiro atoms. The number of unbranched alkanes of at least 4 members (excludes halogenated alkanes) is 3. The minimum Gasteiger partial charge on any atom is -0.396 e. The zero-order valence-electron chi connectivity index (χ0n) is 23.3. The highest BCUT2D eigenvalue weighted by atomic mass is 35.5. The molecule has 1 atom stereocenters. The molecule has 0 aliphatic carbocycles. The first-order valence-electron chi connectivity index (χ1n) is 13.6. The van der Waals surface area contributed by atoms with Crippen LogP contribution in [0, 0.1) is 0 Å². The number of hydrogen-bond donors (Lipinski definition) is 3. The van der Waals surface area contributed by atoms with Crippen LogP contribution in [-0.4, -0.2) is 51.0 Å². The van der Waals surface area contributed by atoms with Gasteiger partial charge in [-0.05, 0) is 60.3 Å². The van der Waals surface area contributed by atoms with Crippen molar-refractivity contribution in [2.75, 3.05) is 43.0 Å². The minimum atomic E-state index is -3.27. The molecule has 0 amide bonds. The highest BCUT2D eigenvalue weighted by Gasteiger charge is 2.17. The molecule has 3 aromatic rings. The van der Waals surface area contributed by atoms with E-state index in [2.05, 4.69) is 21.8 Å². The van der Waals surface area contributed by atoms with Gasteiger partial charge in [0.1, 0.15) is 0 Å². The predicted octanol–water partition coefficient (Wildman–Crippen LogP) is 6.77. The van der Waals surface area contributed by atoms with E-state index >= 15 is 0 Å². The maximum atomic E-state index is 11.3. The lowest BCUT2D eigenvalue weighted by Gasteiger charge is -2.26. The Balaban J connectivity index is 1.37. The topological polar surface area (TPSA) is 105 Å². The van der Waals surface area contributed by atoms with Crippen LogP contribution >= 0.6 is 23.2 Å². The largest absolute Gasteiger partial charge is 0.396 e. The van der Waals surface area contributed by atoms with Crippen molar-refractivity contribution in [2.24, 2.45) is 0 Å². The highest BCUT2D eigenvalue weighted by molar-refractivity contribution is 7.92. The molecule has 4 N–H and O–H groups in total. The second kappa shape index (κ2) is 16.8. The Labute approximate surface area is 254 Å². The number of halogens is 2. The van der Waals surface area contributed by atoms with E-state index in [4.69, 9.17) is 33.7 Å². The van der Waals surface area contributed by atoms with Crippen molar-refractivity contribution < 1.29 is 18.3 Å². The van der Waals surface area contributed by atoms with Crippen molar-refractivity contribution in [3.05, 3.63) is 99.5 Å². The zero-order valence-corrected chi connectivity index (χ0v) is 25.6. The fourth-order valence-corrected chi connectivity index (χ4v) is 5.40. The van der Waals surface area contributed by atoms with Gasteiger partial charge in [0.2, 0.25) is 10.0 Å². The summed E-state index contributed by atoms with van der Waals surface area (Å²) in [6.45, 7) is 3.25. The second-order valence-electron chi connectivity index (χ2n) is 10.0. The molecule has 0 fully saturated rings. The van der Waals surface area contributed by atoms with E-state index in [0.717, 1.165) is 50.6 Å². The van der Waals surface area contributed by atoms with Gasteiger partial charge in [-0.2, -0.15) is 0 Å². The third kappa shape index (κ3) is 12.4. The van der Waals surface area contributed by atoms with Crippen LogP contribution in [0.25, 0.3) is 6.08 Å². The summed E-state index contributed by atoms with van der Waals surface area (Å²) >= 11 is 12.4. The number of sulfonamides is 1. The van der Waals surface area contributed by atoms with Crippen LogP contribution in [0.4, 0.5) is 11.4 Å². The Morgan fingerprint density at radius 2 is 1.66 bits per heavy atom. The summed E-state index contributed by atoms with van der Waals surface area (Å²) in [5.41, 5.74) is 9.53. The van der Waals surface area contributed by atoms with E-state index in [-0.39, 0.29) is 0 Å². The van der Waals surface area contributed by atoms with Gasteiger partial charge in [-0.15, -0.1) is 0 Å². The summed E-state index contributed by atoms with van der Waals surface area (Å²) in [5.74, 6) is 0. The predicted molar refractivity (Wildman–Crippen MR) is 171 cm³/mol. The van der Waals surface area contributed by atoms with Crippen LogP contribution in [0.15, 0.2) is 72.8 Å². The highest BCUT2D eigenvalue weighted by Crippen LogP contribution is 2.31. The molecule has 0 heterocycles. The van der Waals surface area contributed by atoms with E-state index in [1.807, 2.05) is 42.5 Å². The maximum absolute atomic E-state index is 11.3. The van der Waals surface area contributed by atoms with Crippen molar-refractivity contribution in [1.82, 2.24) is 4.90 Å². The molecular formula is C31H39Cl2N3O4S. The number of anilines is 2. The zero-order chi connectivity index (χ0) is 29.7. The van der Waals surface area contributed by atoms with Gasteiger partial charge in [0.15, 0.2) is 0 Å².